The van der Waals surface area contributed by atoms with E-state index in [0.29, 0.717) is 11.4 Å². The Hall–Kier alpha value is -2.95. The molecule has 25 heavy (non-hydrogen) atoms. The number of amides is 1. The number of carbonyl (C=O) groups excluding carboxylic acids is 1. The summed E-state index contributed by atoms with van der Waals surface area (Å²) in [5.41, 5.74) is 2.64. The normalized spacial score (nSPS) is 11.9. The SMILES string of the molecule is Cc1c(C(=O)N[C@H](C)CCc2ccccc2)cnn1-c1ccccn1. The van der Waals surface area contributed by atoms with E-state index < -0.39 is 0 Å². The third-order valence-corrected chi connectivity index (χ3v) is 4.21. The first-order valence-corrected chi connectivity index (χ1v) is 8.46. The number of hydrogen-bond acceptors (Lipinski definition) is 3. The summed E-state index contributed by atoms with van der Waals surface area (Å²) in [5.74, 6) is 0.608. The molecule has 0 fully saturated rings. The lowest BCUT2D eigenvalue weighted by Crippen LogP contribution is -2.33. The van der Waals surface area contributed by atoms with Gasteiger partial charge in [-0.25, -0.2) is 9.67 Å². The van der Waals surface area contributed by atoms with Crippen LogP contribution in [0.3, 0.4) is 0 Å². The van der Waals surface area contributed by atoms with Crippen molar-refractivity contribution in [3.05, 3.63) is 77.7 Å². The molecule has 0 aliphatic heterocycles. The molecule has 0 aliphatic carbocycles. The molecule has 3 rings (SSSR count). The fraction of sp³-hybridized carbons (Fsp3) is 0.250. The van der Waals surface area contributed by atoms with Crippen LogP contribution in [0.5, 0.6) is 0 Å². The standard InChI is InChI=1S/C20H22N4O/c1-15(11-12-17-8-4-3-5-9-17)23-20(25)18-14-22-24(16(18)2)19-10-6-7-13-21-19/h3-10,13-15H,11-12H2,1-2H3,(H,23,25)/t15-/m1/s1. The van der Waals surface area contributed by atoms with Crippen LogP contribution >= 0.6 is 0 Å². The summed E-state index contributed by atoms with van der Waals surface area (Å²) in [6.45, 7) is 3.91. The minimum atomic E-state index is -0.0970. The van der Waals surface area contributed by atoms with Crippen molar-refractivity contribution in [2.24, 2.45) is 0 Å². The first-order valence-electron chi connectivity index (χ1n) is 8.46. The van der Waals surface area contributed by atoms with E-state index in [1.165, 1.54) is 5.56 Å². The van der Waals surface area contributed by atoms with Crippen molar-refractivity contribution in [1.82, 2.24) is 20.1 Å². The summed E-state index contributed by atoms with van der Waals surface area (Å²) in [6, 6.07) is 16.0. The average Bonchev–Trinajstić information content (AvgIpc) is 3.03. The summed E-state index contributed by atoms with van der Waals surface area (Å²) >= 11 is 0. The summed E-state index contributed by atoms with van der Waals surface area (Å²) in [4.78, 5) is 16.8. The highest BCUT2D eigenvalue weighted by Crippen LogP contribution is 2.13. The predicted molar refractivity (Wildman–Crippen MR) is 97.8 cm³/mol. The molecule has 5 nitrogen and oxygen atoms in total. The molecule has 5 heteroatoms. The van der Waals surface area contributed by atoms with Gasteiger partial charge >= 0.3 is 0 Å². The molecule has 1 atom stereocenters. The van der Waals surface area contributed by atoms with Crippen LogP contribution in [0.1, 0.15) is 35.0 Å². The van der Waals surface area contributed by atoms with Gasteiger partial charge in [0, 0.05) is 12.2 Å². The second kappa shape index (κ2) is 7.75. The number of nitrogens with zero attached hydrogens (tertiary/aromatic N) is 3. The van der Waals surface area contributed by atoms with Crippen molar-refractivity contribution in [2.45, 2.75) is 32.7 Å². The maximum atomic E-state index is 12.5. The van der Waals surface area contributed by atoms with Crippen LogP contribution in [0.2, 0.25) is 0 Å². The fourth-order valence-electron chi connectivity index (χ4n) is 2.74. The molecule has 0 radical (unpaired) electrons. The number of aromatic nitrogens is 3. The van der Waals surface area contributed by atoms with Crippen molar-refractivity contribution in [1.29, 1.82) is 0 Å². The highest BCUT2D eigenvalue weighted by atomic mass is 16.1. The summed E-state index contributed by atoms with van der Waals surface area (Å²) in [6.07, 6.45) is 5.14. The molecule has 0 unspecified atom stereocenters. The van der Waals surface area contributed by atoms with Crippen LogP contribution in [-0.2, 0) is 6.42 Å². The lowest BCUT2D eigenvalue weighted by molar-refractivity contribution is 0.0938. The molecule has 0 saturated carbocycles. The Morgan fingerprint density at radius 1 is 1.16 bits per heavy atom. The molecule has 1 aromatic carbocycles. The number of carbonyl (C=O) groups is 1. The number of pyridine rings is 1. The maximum absolute atomic E-state index is 12.5. The van der Waals surface area contributed by atoms with E-state index >= 15 is 0 Å². The Kier molecular flexibility index (Phi) is 5.23. The Labute approximate surface area is 147 Å². The van der Waals surface area contributed by atoms with E-state index in [-0.39, 0.29) is 11.9 Å². The largest absolute Gasteiger partial charge is 0.349 e. The quantitative estimate of drug-likeness (QED) is 0.752. The molecule has 128 valence electrons. The third kappa shape index (κ3) is 4.12. The first kappa shape index (κ1) is 16.9. The van der Waals surface area contributed by atoms with Crippen molar-refractivity contribution < 1.29 is 4.79 Å². The van der Waals surface area contributed by atoms with Gasteiger partial charge in [-0.05, 0) is 44.4 Å². The van der Waals surface area contributed by atoms with Gasteiger partial charge in [0.2, 0.25) is 0 Å². The van der Waals surface area contributed by atoms with Crippen LogP contribution in [0.4, 0.5) is 0 Å². The zero-order valence-corrected chi connectivity index (χ0v) is 14.5. The Balaban J connectivity index is 1.62. The van der Waals surface area contributed by atoms with Gasteiger partial charge in [0.05, 0.1) is 17.5 Å². The highest BCUT2D eigenvalue weighted by Gasteiger charge is 2.17. The topological polar surface area (TPSA) is 59.8 Å². The number of nitrogens with one attached hydrogen (secondary N) is 1. The monoisotopic (exact) mass is 334 g/mol. The molecule has 0 bridgehead atoms. The van der Waals surface area contributed by atoms with Gasteiger partial charge in [0.15, 0.2) is 5.82 Å². The van der Waals surface area contributed by atoms with E-state index in [4.69, 9.17) is 0 Å². The van der Waals surface area contributed by atoms with Gasteiger partial charge in [0.25, 0.3) is 5.91 Å². The van der Waals surface area contributed by atoms with Crippen LogP contribution in [0.15, 0.2) is 60.9 Å². The third-order valence-electron chi connectivity index (χ3n) is 4.21. The summed E-state index contributed by atoms with van der Waals surface area (Å²) in [5, 5.41) is 7.36. The van der Waals surface area contributed by atoms with E-state index in [1.54, 1.807) is 17.1 Å². The van der Waals surface area contributed by atoms with Gasteiger partial charge in [0.1, 0.15) is 0 Å². The summed E-state index contributed by atoms with van der Waals surface area (Å²) in [7, 11) is 0. The molecule has 3 aromatic rings. The summed E-state index contributed by atoms with van der Waals surface area (Å²) < 4.78 is 1.68. The highest BCUT2D eigenvalue weighted by molar-refractivity contribution is 5.95. The fourth-order valence-corrected chi connectivity index (χ4v) is 2.74. The number of benzene rings is 1. The predicted octanol–water partition coefficient (Wildman–Crippen LogP) is 3.33. The van der Waals surface area contributed by atoms with Crippen LogP contribution in [-0.4, -0.2) is 26.7 Å². The lowest BCUT2D eigenvalue weighted by Gasteiger charge is -2.14. The number of hydrogen-bond donors (Lipinski definition) is 1. The van der Waals surface area contributed by atoms with E-state index in [9.17, 15) is 4.79 Å². The molecule has 0 saturated heterocycles. The minimum absolute atomic E-state index is 0.0882. The van der Waals surface area contributed by atoms with Gasteiger partial charge in [-0.3, -0.25) is 4.79 Å². The van der Waals surface area contributed by atoms with Crippen molar-refractivity contribution >= 4 is 5.91 Å². The maximum Gasteiger partial charge on any atom is 0.254 e. The zero-order chi connectivity index (χ0) is 17.6. The van der Waals surface area contributed by atoms with Crippen LogP contribution in [0, 0.1) is 6.92 Å². The lowest BCUT2D eigenvalue weighted by atomic mass is 10.1. The molecule has 2 heterocycles. The van der Waals surface area contributed by atoms with E-state index in [0.717, 1.165) is 18.5 Å². The van der Waals surface area contributed by atoms with E-state index in [2.05, 4.69) is 27.5 Å². The van der Waals surface area contributed by atoms with Crippen LogP contribution < -0.4 is 5.32 Å². The molecule has 1 N–H and O–H groups in total. The van der Waals surface area contributed by atoms with Gasteiger partial charge < -0.3 is 5.32 Å². The van der Waals surface area contributed by atoms with Crippen molar-refractivity contribution in [3.63, 3.8) is 0 Å². The molecule has 2 aromatic heterocycles. The minimum Gasteiger partial charge on any atom is -0.349 e. The molecule has 1 amide bonds. The van der Waals surface area contributed by atoms with Gasteiger partial charge in [-0.15, -0.1) is 0 Å². The Morgan fingerprint density at radius 3 is 2.64 bits per heavy atom. The second-order valence-electron chi connectivity index (χ2n) is 6.14. The van der Waals surface area contributed by atoms with Crippen molar-refractivity contribution in [3.8, 4) is 5.82 Å². The number of aryl methyl sites for hydroxylation is 1. The smallest absolute Gasteiger partial charge is 0.254 e. The van der Waals surface area contributed by atoms with Crippen LogP contribution in [0.25, 0.3) is 5.82 Å². The van der Waals surface area contributed by atoms with Gasteiger partial charge in [-0.2, -0.15) is 5.10 Å². The Bertz CT molecular complexity index is 827. The first-order chi connectivity index (χ1) is 12.1. The molecular formula is C20H22N4O. The van der Waals surface area contributed by atoms with Gasteiger partial charge in [-0.1, -0.05) is 36.4 Å². The Morgan fingerprint density at radius 2 is 1.92 bits per heavy atom. The van der Waals surface area contributed by atoms with Crippen molar-refractivity contribution in [2.75, 3.05) is 0 Å². The molecule has 0 spiro atoms. The van der Waals surface area contributed by atoms with E-state index in [1.807, 2.05) is 50.2 Å². The molecule has 0 aliphatic rings. The zero-order valence-electron chi connectivity index (χ0n) is 14.5. The average molecular weight is 334 g/mol. The number of rotatable bonds is 6. The molecular weight excluding hydrogens is 312 g/mol. The second-order valence-corrected chi connectivity index (χ2v) is 6.14.